The molecule has 0 aliphatic heterocycles. The van der Waals surface area contributed by atoms with Gasteiger partial charge in [-0.15, -0.1) is 0 Å². The Bertz CT molecular complexity index is 550. The van der Waals surface area contributed by atoms with E-state index in [1.165, 1.54) is 26.9 Å². The summed E-state index contributed by atoms with van der Waals surface area (Å²) in [5.74, 6) is 0.747. The van der Waals surface area contributed by atoms with Crippen molar-refractivity contribution in [1.29, 1.82) is 0 Å². The first kappa shape index (κ1) is 16.3. The normalized spacial score (nSPS) is 16.1. The van der Waals surface area contributed by atoms with Gasteiger partial charge >= 0.3 is 0 Å². The maximum Gasteiger partial charge on any atom is 0.260 e. The SMILES string of the molecule is COc1cc(C(C)=O)ccc1O[C@H](C)C(=O)NC1CCCC1. The van der Waals surface area contributed by atoms with Crippen LogP contribution >= 0.6 is 0 Å². The van der Waals surface area contributed by atoms with E-state index in [0.29, 0.717) is 17.1 Å². The molecule has 5 nitrogen and oxygen atoms in total. The molecule has 0 radical (unpaired) electrons. The highest BCUT2D eigenvalue weighted by atomic mass is 16.5. The molecular weight excluding hydrogens is 282 g/mol. The summed E-state index contributed by atoms with van der Waals surface area (Å²) in [5.41, 5.74) is 0.548. The third-order valence-electron chi connectivity index (χ3n) is 3.94. The van der Waals surface area contributed by atoms with Crippen LogP contribution in [0.1, 0.15) is 49.9 Å². The van der Waals surface area contributed by atoms with Crippen LogP contribution in [0.15, 0.2) is 18.2 Å². The van der Waals surface area contributed by atoms with Gasteiger partial charge in [-0.1, -0.05) is 12.8 Å². The maximum absolute atomic E-state index is 12.1. The first-order valence-corrected chi connectivity index (χ1v) is 7.67. The molecule has 2 rings (SSSR count). The van der Waals surface area contributed by atoms with Crippen LogP contribution < -0.4 is 14.8 Å². The highest BCUT2D eigenvalue weighted by Crippen LogP contribution is 2.29. The molecule has 0 unspecified atom stereocenters. The summed E-state index contributed by atoms with van der Waals surface area (Å²) in [7, 11) is 1.51. The number of hydrogen-bond acceptors (Lipinski definition) is 4. The first-order valence-electron chi connectivity index (χ1n) is 7.67. The molecule has 1 fully saturated rings. The molecule has 120 valence electrons. The summed E-state index contributed by atoms with van der Waals surface area (Å²) < 4.78 is 10.9. The van der Waals surface area contributed by atoms with E-state index in [0.717, 1.165) is 12.8 Å². The lowest BCUT2D eigenvalue weighted by molar-refractivity contribution is -0.128. The van der Waals surface area contributed by atoms with Crippen LogP contribution in [0.25, 0.3) is 0 Å². The number of amides is 1. The number of ketones is 1. The molecule has 0 saturated heterocycles. The summed E-state index contributed by atoms with van der Waals surface area (Å²) in [6.45, 7) is 3.20. The lowest BCUT2D eigenvalue weighted by Crippen LogP contribution is -2.41. The quantitative estimate of drug-likeness (QED) is 0.821. The van der Waals surface area contributed by atoms with Crippen molar-refractivity contribution in [3.8, 4) is 11.5 Å². The number of carbonyl (C=O) groups excluding carboxylic acids is 2. The van der Waals surface area contributed by atoms with Crippen LogP contribution in [0.4, 0.5) is 0 Å². The number of nitrogens with one attached hydrogen (secondary N) is 1. The van der Waals surface area contributed by atoms with Crippen LogP contribution in [0.3, 0.4) is 0 Å². The molecule has 5 heteroatoms. The van der Waals surface area contributed by atoms with Gasteiger partial charge in [-0.2, -0.15) is 0 Å². The van der Waals surface area contributed by atoms with Crippen molar-refractivity contribution in [2.75, 3.05) is 7.11 Å². The van der Waals surface area contributed by atoms with E-state index in [1.54, 1.807) is 25.1 Å². The van der Waals surface area contributed by atoms with Crippen molar-refractivity contribution in [3.63, 3.8) is 0 Å². The number of benzene rings is 1. The van der Waals surface area contributed by atoms with Crippen LogP contribution in [0.5, 0.6) is 11.5 Å². The van der Waals surface area contributed by atoms with Gasteiger partial charge in [0.25, 0.3) is 5.91 Å². The minimum atomic E-state index is -0.613. The Balaban J connectivity index is 2.02. The molecule has 1 aliphatic carbocycles. The van der Waals surface area contributed by atoms with E-state index >= 15 is 0 Å². The van der Waals surface area contributed by atoms with Crippen molar-refractivity contribution in [3.05, 3.63) is 23.8 Å². The van der Waals surface area contributed by atoms with Gasteiger partial charge in [0.15, 0.2) is 23.4 Å². The van der Waals surface area contributed by atoms with Gasteiger partial charge in [0, 0.05) is 11.6 Å². The fourth-order valence-corrected chi connectivity index (χ4v) is 2.62. The Morgan fingerprint density at radius 3 is 2.50 bits per heavy atom. The second kappa shape index (κ2) is 7.29. The van der Waals surface area contributed by atoms with E-state index in [2.05, 4.69) is 5.32 Å². The second-order valence-corrected chi connectivity index (χ2v) is 5.67. The van der Waals surface area contributed by atoms with E-state index in [4.69, 9.17) is 9.47 Å². The average molecular weight is 305 g/mol. The van der Waals surface area contributed by atoms with Crippen molar-refractivity contribution in [2.24, 2.45) is 0 Å². The molecule has 1 saturated carbocycles. The zero-order valence-electron chi connectivity index (χ0n) is 13.3. The summed E-state index contributed by atoms with van der Waals surface area (Å²) >= 11 is 0. The molecular formula is C17H23NO4. The van der Waals surface area contributed by atoms with Crippen molar-refractivity contribution >= 4 is 11.7 Å². The number of Topliss-reactive ketones (excluding diaryl/α,β-unsaturated/α-hetero) is 1. The van der Waals surface area contributed by atoms with E-state index in [1.807, 2.05) is 0 Å². The van der Waals surface area contributed by atoms with Crippen LogP contribution in [0, 0.1) is 0 Å². The minimum absolute atomic E-state index is 0.0446. The summed E-state index contributed by atoms with van der Waals surface area (Å²) in [6, 6.07) is 5.22. The zero-order valence-corrected chi connectivity index (χ0v) is 13.3. The molecule has 0 aromatic heterocycles. The summed E-state index contributed by atoms with van der Waals surface area (Å²) in [4.78, 5) is 23.5. The van der Waals surface area contributed by atoms with Gasteiger partial charge in [0.1, 0.15) is 0 Å². The Labute approximate surface area is 131 Å². The lowest BCUT2D eigenvalue weighted by Gasteiger charge is -2.19. The Kier molecular flexibility index (Phi) is 5.41. The van der Waals surface area contributed by atoms with Gasteiger partial charge in [0.2, 0.25) is 0 Å². The van der Waals surface area contributed by atoms with Crippen molar-refractivity contribution in [2.45, 2.75) is 51.7 Å². The number of carbonyl (C=O) groups is 2. The van der Waals surface area contributed by atoms with Crippen LogP contribution in [0.2, 0.25) is 0 Å². The average Bonchev–Trinajstić information content (AvgIpc) is 3.00. The number of hydrogen-bond donors (Lipinski definition) is 1. The molecule has 1 amide bonds. The molecule has 1 N–H and O–H groups in total. The molecule has 0 heterocycles. The second-order valence-electron chi connectivity index (χ2n) is 5.67. The summed E-state index contributed by atoms with van der Waals surface area (Å²) in [5, 5.41) is 3.01. The fraction of sp³-hybridized carbons (Fsp3) is 0.529. The van der Waals surface area contributed by atoms with Crippen molar-refractivity contribution in [1.82, 2.24) is 5.32 Å². The fourth-order valence-electron chi connectivity index (χ4n) is 2.62. The third kappa shape index (κ3) is 4.00. The minimum Gasteiger partial charge on any atom is -0.493 e. The van der Waals surface area contributed by atoms with Crippen LogP contribution in [-0.2, 0) is 4.79 Å². The molecule has 22 heavy (non-hydrogen) atoms. The lowest BCUT2D eigenvalue weighted by atomic mass is 10.1. The highest BCUT2D eigenvalue weighted by Gasteiger charge is 2.22. The van der Waals surface area contributed by atoms with Crippen LogP contribution in [-0.4, -0.2) is 30.9 Å². The van der Waals surface area contributed by atoms with Gasteiger partial charge < -0.3 is 14.8 Å². The maximum atomic E-state index is 12.1. The van der Waals surface area contributed by atoms with E-state index in [9.17, 15) is 9.59 Å². The Morgan fingerprint density at radius 1 is 1.23 bits per heavy atom. The highest BCUT2D eigenvalue weighted by molar-refractivity contribution is 5.94. The number of ether oxygens (including phenoxy) is 2. The van der Waals surface area contributed by atoms with Gasteiger partial charge in [0.05, 0.1) is 7.11 Å². The van der Waals surface area contributed by atoms with E-state index < -0.39 is 6.10 Å². The molecule has 1 atom stereocenters. The van der Waals surface area contributed by atoms with E-state index in [-0.39, 0.29) is 17.7 Å². The number of rotatable bonds is 6. The van der Waals surface area contributed by atoms with Crippen molar-refractivity contribution < 1.29 is 19.1 Å². The molecule has 0 spiro atoms. The Morgan fingerprint density at radius 2 is 1.91 bits per heavy atom. The Hall–Kier alpha value is -2.04. The first-order chi connectivity index (χ1) is 10.5. The topological polar surface area (TPSA) is 64.6 Å². The monoisotopic (exact) mass is 305 g/mol. The largest absolute Gasteiger partial charge is 0.493 e. The standard InChI is InChI=1S/C17H23NO4/c1-11(19)13-8-9-15(16(10-13)21-3)22-12(2)17(20)18-14-6-4-5-7-14/h8-10,12,14H,4-7H2,1-3H3,(H,18,20)/t12-/m1/s1. The molecule has 1 aliphatic rings. The summed E-state index contributed by atoms with van der Waals surface area (Å²) in [6.07, 6.45) is 3.79. The molecule has 1 aromatic carbocycles. The third-order valence-corrected chi connectivity index (χ3v) is 3.94. The van der Waals surface area contributed by atoms with Gasteiger partial charge in [-0.05, 0) is 44.9 Å². The molecule has 0 bridgehead atoms. The number of methoxy groups -OCH3 is 1. The smallest absolute Gasteiger partial charge is 0.260 e. The zero-order chi connectivity index (χ0) is 16.1. The molecule has 1 aromatic rings. The van der Waals surface area contributed by atoms with Gasteiger partial charge in [-0.25, -0.2) is 0 Å². The van der Waals surface area contributed by atoms with Gasteiger partial charge in [-0.3, -0.25) is 9.59 Å². The predicted octanol–water partition coefficient (Wildman–Crippen LogP) is 2.72. The predicted molar refractivity (Wildman–Crippen MR) is 83.5 cm³/mol.